The summed E-state index contributed by atoms with van der Waals surface area (Å²) in [4.78, 5) is 0. The lowest BCUT2D eigenvalue weighted by Crippen LogP contribution is -2.24. The molecule has 0 aliphatic heterocycles. The summed E-state index contributed by atoms with van der Waals surface area (Å²) in [6.07, 6.45) is 16.8. The Morgan fingerprint density at radius 3 is 1.60 bits per heavy atom. The summed E-state index contributed by atoms with van der Waals surface area (Å²) in [6.45, 7) is 9.32. The summed E-state index contributed by atoms with van der Waals surface area (Å²) in [5, 5.41) is 0. The monoisotopic (exact) mass is 302 g/mol. The molecule has 0 aliphatic rings. The van der Waals surface area contributed by atoms with Gasteiger partial charge in [0.05, 0.1) is 0 Å². The molecule has 0 spiro atoms. The van der Waals surface area contributed by atoms with Crippen molar-refractivity contribution in [2.45, 2.75) is 105 Å². The fourth-order valence-electron chi connectivity index (χ4n) is 2.84. The van der Waals surface area contributed by atoms with Crippen molar-refractivity contribution in [1.82, 2.24) is 0 Å². The van der Waals surface area contributed by atoms with Gasteiger partial charge in [-0.3, -0.25) is 0 Å². The fourth-order valence-corrected chi connectivity index (χ4v) is 3.42. The minimum Gasteiger partial charge on any atom is -0.126 e. The lowest BCUT2D eigenvalue weighted by molar-refractivity contribution is 0.207. The van der Waals surface area contributed by atoms with E-state index in [0.717, 1.165) is 5.88 Å². The third-order valence-electron chi connectivity index (χ3n) is 5.11. The molecule has 0 aromatic heterocycles. The van der Waals surface area contributed by atoms with Crippen LogP contribution in [0.15, 0.2) is 0 Å². The average Bonchev–Trinajstić information content (AvgIpc) is 2.44. The summed E-state index contributed by atoms with van der Waals surface area (Å²) < 4.78 is 0. The molecule has 0 nitrogen and oxygen atoms in total. The summed E-state index contributed by atoms with van der Waals surface area (Å²) in [5.74, 6) is 1.53. The van der Waals surface area contributed by atoms with Crippen LogP contribution in [0.2, 0.25) is 0 Å². The van der Waals surface area contributed by atoms with Crippen molar-refractivity contribution < 1.29 is 0 Å². The molecule has 0 heterocycles. The SMILES string of the molecule is CCCCCCCCCCCCC(CCl)C(C)(C)CC. The molecule has 0 radical (unpaired) electrons. The minimum absolute atomic E-state index is 0.418. The van der Waals surface area contributed by atoms with Gasteiger partial charge in [0.25, 0.3) is 0 Å². The Morgan fingerprint density at radius 1 is 0.750 bits per heavy atom. The smallest absolute Gasteiger partial charge is 0.0256 e. The molecule has 0 fully saturated rings. The first-order chi connectivity index (χ1) is 9.58. The van der Waals surface area contributed by atoms with Gasteiger partial charge >= 0.3 is 0 Å². The molecule has 20 heavy (non-hydrogen) atoms. The van der Waals surface area contributed by atoms with Gasteiger partial charge < -0.3 is 0 Å². The van der Waals surface area contributed by atoms with Crippen LogP contribution in [-0.2, 0) is 0 Å². The van der Waals surface area contributed by atoms with Crippen LogP contribution in [0.3, 0.4) is 0 Å². The van der Waals surface area contributed by atoms with Gasteiger partial charge in [-0.05, 0) is 17.8 Å². The number of hydrogen-bond donors (Lipinski definition) is 0. The van der Waals surface area contributed by atoms with Crippen molar-refractivity contribution in [3.8, 4) is 0 Å². The Hall–Kier alpha value is 0.290. The first-order valence-corrected chi connectivity index (χ1v) is 9.67. The summed E-state index contributed by atoms with van der Waals surface area (Å²) >= 11 is 6.15. The highest BCUT2D eigenvalue weighted by Crippen LogP contribution is 2.35. The molecule has 1 unspecified atom stereocenters. The molecule has 1 heteroatoms. The third-order valence-corrected chi connectivity index (χ3v) is 5.48. The molecule has 0 aromatic carbocycles. The molecule has 0 amide bonds. The van der Waals surface area contributed by atoms with Crippen molar-refractivity contribution in [1.29, 1.82) is 0 Å². The van der Waals surface area contributed by atoms with Gasteiger partial charge in [0.2, 0.25) is 0 Å². The standard InChI is InChI=1S/C19H39Cl/c1-5-7-8-9-10-11-12-13-14-15-16-18(17-20)19(3,4)6-2/h18H,5-17H2,1-4H3. The first-order valence-electron chi connectivity index (χ1n) is 9.14. The molecule has 0 rings (SSSR count). The van der Waals surface area contributed by atoms with E-state index in [1.165, 1.54) is 77.0 Å². The van der Waals surface area contributed by atoms with E-state index in [-0.39, 0.29) is 0 Å². The van der Waals surface area contributed by atoms with Gasteiger partial charge in [-0.15, -0.1) is 11.6 Å². The van der Waals surface area contributed by atoms with Crippen molar-refractivity contribution in [3.05, 3.63) is 0 Å². The predicted octanol–water partition coefficient (Wildman–Crippen LogP) is 7.59. The summed E-state index contributed by atoms with van der Waals surface area (Å²) in [7, 11) is 0. The highest BCUT2D eigenvalue weighted by atomic mass is 35.5. The van der Waals surface area contributed by atoms with Crippen molar-refractivity contribution >= 4 is 11.6 Å². The lowest BCUT2D eigenvalue weighted by atomic mass is 9.75. The third kappa shape index (κ3) is 10.1. The van der Waals surface area contributed by atoms with Gasteiger partial charge in [0.1, 0.15) is 0 Å². The van der Waals surface area contributed by atoms with Crippen LogP contribution < -0.4 is 0 Å². The fraction of sp³-hybridized carbons (Fsp3) is 1.00. The van der Waals surface area contributed by atoms with Crippen LogP contribution in [0, 0.1) is 11.3 Å². The molecule has 0 aromatic rings. The lowest BCUT2D eigenvalue weighted by Gasteiger charge is -2.32. The molecule has 122 valence electrons. The Kier molecular flexibility index (Phi) is 13.2. The largest absolute Gasteiger partial charge is 0.126 e. The Bertz CT molecular complexity index is 198. The van der Waals surface area contributed by atoms with Crippen molar-refractivity contribution in [2.75, 3.05) is 5.88 Å². The van der Waals surface area contributed by atoms with Gasteiger partial charge in [0, 0.05) is 5.88 Å². The van der Waals surface area contributed by atoms with Gasteiger partial charge in [-0.25, -0.2) is 0 Å². The van der Waals surface area contributed by atoms with E-state index in [0.29, 0.717) is 11.3 Å². The van der Waals surface area contributed by atoms with Gasteiger partial charge in [0.15, 0.2) is 0 Å². The average molecular weight is 303 g/mol. The number of rotatable bonds is 14. The van der Waals surface area contributed by atoms with E-state index in [1.807, 2.05) is 0 Å². The molecular weight excluding hydrogens is 264 g/mol. The zero-order valence-corrected chi connectivity index (χ0v) is 15.4. The predicted molar refractivity (Wildman–Crippen MR) is 94.7 cm³/mol. The maximum absolute atomic E-state index is 6.15. The van der Waals surface area contributed by atoms with Crippen LogP contribution in [0.25, 0.3) is 0 Å². The molecule has 0 saturated heterocycles. The quantitative estimate of drug-likeness (QED) is 0.229. The topological polar surface area (TPSA) is 0 Å². The van der Waals surface area contributed by atoms with Crippen molar-refractivity contribution in [2.24, 2.45) is 11.3 Å². The van der Waals surface area contributed by atoms with E-state index in [4.69, 9.17) is 11.6 Å². The molecule has 0 bridgehead atoms. The number of unbranched alkanes of at least 4 members (excludes halogenated alkanes) is 9. The summed E-state index contributed by atoms with van der Waals surface area (Å²) in [5.41, 5.74) is 0.418. The van der Waals surface area contributed by atoms with E-state index >= 15 is 0 Å². The van der Waals surface area contributed by atoms with E-state index in [2.05, 4.69) is 27.7 Å². The van der Waals surface area contributed by atoms with Crippen LogP contribution in [0.1, 0.15) is 105 Å². The number of alkyl halides is 1. The molecule has 0 aliphatic carbocycles. The second-order valence-corrected chi connectivity index (χ2v) is 7.47. The molecule has 1 atom stereocenters. The van der Waals surface area contributed by atoms with Crippen LogP contribution >= 0.6 is 11.6 Å². The highest BCUT2D eigenvalue weighted by Gasteiger charge is 2.26. The number of halogens is 1. The van der Waals surface area contributed by atoms with E-state index in [1.54, 1.807) is 0 Å². The normalized spacial score (nSPS) is 13.7. The highest BCUT2D eigenvalue weighted by molar-refractivity contribution is 6.18. The number of hydrogen-bond acceptors (Lipinski definition) is 0. The van der Waals surface area contributed by atoms with Gasteiger partial charge in [-0.2, -0.15) is 0 Å². The Morgan fingerprint density at radius 2 is 1.20 bits per heavy atom. The molecular formula is C19H39Cl. The van der Waals surface area contributed by atoms with E-state index < -0.39 is 0 Å². The van der Waals surface area contributed by atoms with E-state index in [9.17, 15) is 0 Å². The molecule has 0 N–H and O–H groups in total. The first kappa shape index (κ1) is 20.3. The zero-order valence-electron chi connectivity index (χ0n) is 14.6. The molecule has 0 saturated carbocycles. The van der Waals surface area contributed by atoms with Gasteiger partial charge in [-0.1, -0.05) is 98.3 Å². The maximum atomic E-state index is 6.15. The second-order valence-electron chi connectivity index (χ2n) is 7.16. The summed E-state index contributed by atoms with van der Waals surface area (Å²) in [6, 6.07) is 0. The Labute approximate surface area is 134 Å². The van der Waals surface area contributed by atoms with Crippen LogP contribution in [0.5, 0.6) is 0 Å². The van der Waals surface area contributed by atoms with Crippen LogP contribution in [0.4, 0.5) is 0 Å². The van der Waals surface area contributed by atoms with Crippen molar-refractivity contribution in [3.63, 3.8) is 0 Å². The Balaban J connectivity index is 3.43. The van der Waals surface area contributed by atoms with Crippen LogP contribution in [-0.4, -0.2) is 5.88 Å². The zero-order chi connectivity index (χ0) is 15.3. The maximum Gasteiger partial charge on any atom is 0.0256 e. The minimum atomic E-state index is 0.418. The second kappa shape index (κ2) is 13.0.